The van der Waals surface area contributed by atoms with Gasteiger partial charge in [-0.1, -0.05) is 6.07 Å². The quantitative estimate of drug-likeness (QED) is 0.624. The van der Waals surface area contributed by atoms with Gasteiger partial charge in [-0.3, -0.25) is 4.79 Å². The first kappa shape index (κ1) is 13.8. The lowest BCUT2D eigenvalue weighted by Crippen LogP contribution is -2.28. The Hall–Kier alpha value is -2.24. The topological polar surface area (TPSA) is 81.9 Å². The molecule has 0 spiro atoms. The van der Waals surface area contributed by atoms with Crippen molar-refractivity contribution in [2.45, 2.75) is 0 Å². The molecule has 1 aromatic carbocycles. The maximum atomic E-state index is 11.6. The first-order valence-corrected chi connectivity index (χ1v) is 5.27. The summed E-state index contributed by atoms with van der Waals surface area (Å²) in [5, 5.41) is 0. The maximum Gasteiger partial charge on any atom is 0.343 e. The zero-order valence-corrected chi connectivity index (χ0v) is 10.6. The summed E-state index contributed by atoms with van der Waals surface area (Å²) >= 11 is 0. The summed E-state index contributed by atoms with van der Waals surface area (Å²) in [4.78, 5) is 24.4. The number of benzene rings is 1. The molecule has 0 radical (unpaired) electrons. The number of carbonyl (C=O) groups is 2. The third-order valence-corrected chi connectivity index (χ3v) is 2.30. The molecule has 1 amide bonds. The summed E-state index contributed by atoms with van der Waals surface area (Å²) in [6, 6.07) is 4.76. The number of hydrogen-bond acceptors (Lipinski definition) is 5. The van der Waals surface area contributed by atoms with Crippen LogP contribution in [0.1, 0.15) is 10.4 Å². The van der Waals surface area contributed by atoms with E-state index >= 15 is 0 Å². The molecule has 0 aliphatic heterocycles. The number of likely N-dealkylation sites (N-methyl/N-ethyl adjacent to an activating group) is 1. The Morgan fingerprint density at radius 1 is 1.33 bits per heavy atom. The van der Waals surface area contributed by atoms with Crippen molar-refractivity contribution in [2.75, 3.05) is 33.5 Å². The number of methoxy groups -OCH3 is 1. The lowest BCUT2D eigenvalue weighted by atomic mass is 10.1. The Kier molecular flexibility index (Phi) is 4.53. The molecule has 0 aromatic heterocycles. The largest absolute Gasteiger partial charge is 0.483 e. The van der Waals surface area contributed by atoms with Gasteiger partial charge >= 0.3 is 5.97 Å². The van der Waals surface area contributed by atoms with E-state index in [0.717, 1.165) is 0 Å². The number of anilines is 1. The Balaban J connectivity index is 2.92. The summed E-state index contributed by atoms with van der Waals surface area (Å²) in [7, 11) is 4.49. The summed E-state index contributed by atoms with van der Waals surface area (Å²) < 4.78 is 9.91. The highest BCUT2D eigenvalue weighted by Crippen LogP contribution is 2.25. The molecule has 0 atom stereocenters. The highest BCUT2D eigenvalue weighted by Gasteiger charge is 2.17. The zero-order chi connectivity index (χ0) is 13.7. The molecular formula is C12H16N2O4. The predicted octanol–water partition coefficient (Wildman–Crippen LogP) is 0.522. The van der Waals surface area contributed by atoms with E-state index in [0.29, 0.717) is 0 Å². The van der Waals surface area contributed by atoms with E-state index < -0.39 is 5.97 Å². The third kappa shape index (κ3) is 3.13. The van der Waals surface area contributed by atoms with Gasteiger partial charge in [-0.15, -0.1) is 0 Å². The van der Waals surface area contributed by atoms with E-state index in [2.05, 4.69) is 4.74 Å². The fourth-order valence-corrected chi connectivity index (χ4v) is 1.26. The molecule has 0 aliphatic carbocycles. The maximum absolute atomic E-state index is 11.6. The summed E-state index contributed by atoms with van der Waals surface area (Å²) in [6.45, 7) is -0.166. The Bertz CT molecular complexity index is 457. The first-order chi connectivity index (χ1) is 8.47. The molecule has 6 nitrogen and oxygen atoms in total. The van der Waals surface area contributed by atoms with Crippen molar-refractivity contribution in [1.29, 1.82) is 0 Å². The van der Waals surface area contributed by atoms with Crippen molar-refractivity contribution in [3.63, 3.8) is 0 Å². The Morgan fingerprint density at radius 3 is 2.56 bits per heavy atom. The van der Waals surface area contributed by atoms with Crippen molar-refractivity contribution in [2.24, 2.45) is 0 Å². The molecule has 0 saturated heterocycles. The second kappa shape index (κ2) is 5.90. The molecule has 6 heteroatoms. The van der Waals surface area contributed by atoms with Crippen LogP contribution in [-0.4, -0.2) is 44.6 Å². The molecule has 0 fully saturated rings. The van der Waals surface area contributed by atoms with E-state index in [1.54, 1.807) is 32.3 Å². The van der Waals surface area contributed by atoms with Crippen LogP contribution in [0, 0.1) is 0 Å². The normalized spacial score (nSPS) is 9.72. The van der Waals surface area contributed by atoms with Gasteiger partial charge in [0, 0.05) is 19.8 Å². The van der Waals surface area contributed by atoms with Crippen LogP contribution in [0.3, 0.4) is 0 Å². The molecule has 0 bridgehead atoms. The minimum absolute atomic E-state index is 0.131. The smallest absolute Gasteiger partial charge is 0.343 e. The fraction of sp³-hybridized carbons (Fsp3) is 0.333. The lowest BCUT2D eigenvalue weighted by molar-refractivity contribution is -0.130. The molecule has 0 unspecified atom stereocenters. The average molecular weight is 252 g/mol. The fourth-order valence-electron chi connectivity index (χ4n) is 1.26. The average Bonchev–Trinajstić information content (AvgIpc) is 2.34. The van der Waals surface area contributed by atoms with Gasteiger partial charge in [0.1, 0.15) is 11.3 Å². The lowest BCUT2D eigenvalue weighted by Gasteiger charge is -2.14. The molecule has 98 valence electrons. The van der Waals surface area contributed by atoms with Crippen molar-refractivity contribution >= 4 is 17.6 Å². The first-order valence-electron chi connectivity index (χ1n) is 5.27. The van der Waals surface area contributed by atoms with Gasteiger partial charge in [-0.2, -0.15) is 0 Å². The number of carbonyl (C=O) groups excluding carboxylic acids is 2. The molecule has 0 heterocycles. The van der Waals surface area contributed by atoms with Gasteiger partial charge in [-0.25, -0.2) is 4.79 Å². The molecule has 1 rings (SSSR count). The van der Waals surface area contributed by atoms with Crippen LogP contribution in [0.5, 0.6) is 5.75 Å². The molecule has 0 saturated carbocycles. The highest BCUT2D eigenvalue weighted by atomic mass is 16.5. The van der Waals surface area contributed by atoms with E-state index in [4.69, 9.17) is 10.5 Å². The second-order valence-electron chi connectivity index (χ2n) is 3.79. The summed E-state index contributed by atoms with van der Waals surface area (Å²) in [5.74, 6) is -0.578. The number of ether oxygens (including phenoxy) is 2. The highest BCUT2D eigenvalue weighted by molar-refractivity contribution is 5.98. The number of hydrogen-bond donors (Lipinski definition) is 1. The molecule has 2 N–H and O–H groups in total. The van der Waals surface area contributed by atoms with Gasteiger partial charge in [0.2, 0.25) is 0 Å². The molecular weight excluding hydrogens is 236 g/mol. The van der Waals surface area contributed by atoms with Gasteiger partial charge in [-0.05, 0) is 12.1 Å². The number of esters is 1. The predicted molar refractivity (Wildman–Crippen MR) is 66.4 cm³/mol. The number of nitrogen functional groups attached to an aromatic ring is 1. The van der Waals surface area contributed by atoms with Crippen LogP contribution in [0.15, 0.2) is 18.2 Å². The summed E-state index contributed by atoms with van der Waals surface area (Å²) in [5.41, 5.74) is 6.07. The third-order valence-electron chi connectivity index (χ3n) is 2.30. The number of rotatable bonds is 4. The van der Waals surface area contributed by atoms with Gasteiger partial charge in [0.25, 0.3) is 5.91 Å². The van der Waals surface area contributed by atoms with Crippen LogP contribution in [-0.2, 0) is 9.53 Å². The molecule has 18 heavy (non-hydrogen) atoms. The van der Waals surface area contributed by atoms with E-state index in [1.165, 1.54) is 12.0 Å². The number of nitrogens with zero attached hydrogens (tertiary/aromatic N) is 1. The van der Waals surface area contributed by atoms with Crippen molar-refractivity contribution in [3.8, 4) is 5.75 Å². The van der Waals surface area contributed by atoms with Crippen LogP contribution in [0.2, 0.25) is 0 Å². The number of nitrogens with two attached hydrogens (primary N) is 1. The van der Waals surface area contributed by atoms with E-state index in [-0.39, 0.29) is 29.5 Å². The van der Waals surface area contributed by atoms with Crippen molar-refractivity contribution in [1.82, 2.24) is 4.90 Å². The van der Waals surface area contributed by atoms with Crippen molar-refractivity contribution in [3.05, 3.63) is 23.8 Å². The minimum atomic E-state index is -0.597. The summed E-state index contributed by atoms with van der Waals surface area (Å²) in [6.07, 6.45) is 0. The van der Waals surface area contributed by atoms with E-state index in [9.17, 15) is 9.59 Å². The SMILES string of the molecule is COC(=O)c1c(N)cccc1OCC(=O)N(C)C. The zero-order valence-electron chi connectivity index (χ0n) is 10.6. The van der Waals surface area contributed by atoms with Crippen LogP contribution < -0.4 is 10.5 Å². The monoisotopic (exact) mass is 252 g/mol. The Morgan fingerprint density at radius 2 is 2.00 bits per heavy atom. The Labute approximate surface area is 105 Å². The minimum Gasteiger partial charge on any atom is -0.483 e. The van der Waals surface area contributed by atoms with Gasteiger partial charge in [0.05, 0.1) is 7.11 Å². The van der Waals surface area contributed by atoms with Gasteiger partial charge in [0.15, 0.2) is 6.61 Å². The second-order valence-corrected chi connectivity index (χ2v) is 3.79. The molecule has 0 aliphatic rings. The van der Waals surface area contributed by atoms with Crippen LogP contribution in [0.25, 0.3) is 0 Å². The number of amides is 1. The van der Waals surface area contributed by atoms with E-state index in [1.807, 2.05) is 0 Å². The van der Waals surface area contributed by atoms with Gasteiger partial charge < -0.3 is 20.1 Å². The van der Waals surface area contributed by atoms with Crippen LogP contribution in [0.4, 0.5) is 5.69 Å². The van der Waals surface area contributed by atoms with Crippen molar-refractivity contribution < 1.29 is 19.1 Å². The standard InChI is InChI=1S/C12H16N2O4/c1-14(2)10(15)7-18-9-6-4-5-8(13)11(9)12(16)17-3/h4-6H,7,13H2,1-3H3. The van der Waals surface area contributed by atoms with Crippen LogP contribution >= 0.6 is 0 Å². The molecule has 1 aromatic rings.